The van der Waals surface area contributed by atoms with Crippen LogP contribution in [0.3, 0.4) is 0 Å². The summed E-state index contributed by atoms with van der Waals surface area (Å²) >= 11 is 0. The van der Waals surface area contributed by atoms with Crippen LogP contribution in [0.1, 0.15) is 53.4 Å². The Labute approximate surface area is 173 Å². The van der Waals surface area contributed by atoms with Gasteiger partial charge in [0.15, 0.2) is 5.78 Å². The Morgan fingerprint density at radius 3 is 1.93 bits per heavy atom. The van der Waals surface area contributed by atoms with Gasteiger partial charge in [0.2, 0.25) is 0 Å². The Hall–Kier alpha value is -3.80. The summed E-state index contributed by atoms with van der Waals surface area (Å²) < 4.78 is 0. The minimum Gasteiger partial charge on any atom is -0.411 e. The van der Waals surface area contributed by atoms with Crippen molar-refractivity contribution in [1.29, 1.82) is 0 Å². The smallest absolute Gasteiger partial charge is 0.269 e. The first-order chi connectivity index (χ1) is 14.2. The number of hydrogen-bond acceptors (Lipinski definition) is 5. The Kier molecular flexibility index (Phi) is 4.50. The molecule has 0 saturated carbocycles. The number of oxime groups is 1. The third-order valence-electron chi connectivity index (χ3n) is 5.85. The minimum atomic E-state index is -0.485. The molecule has 0 atom stereocenters. The Bertz CT molecular complexity index is 1220. The normalized spacial score (nSPS) is 14.2. The molecule has 3 aromatic carbocycles. The highest BCUT2D eigenvalue weighted by molar-refractivity contribution is 6.09. The van der Waals surface area contributed by atoms with Gasteiger partial charge in [-0.2, -0.15) is 0 Å². The van der Waals surface area contributed by atoms with Crippen molar-refractivity contribution in [3.8, 4) is 11.1 Å². The summed E-state index contributed by atoms with van der Waals surface area (Å²) in [6.07, 6.45) is 0. The van der Waals surface area contributed by atoms with Crippen LogP contribution in [0, 0.1) is 10.1 Å². The first kappa shape index (κ1) is 19.5. The van der Waals surface area contributed by atoms with Crippen LogP contribution in [0.5, 0.6) is 0 Å². The zero-order valence-corrected chi connectivity index (χ0v) is 16.8. The number of hydrogen-bond donors (Lipinski definition) is 1. The molecule has 0 unspecified atom stereocenters. The van der Waals surface area contributed by atoms with Crippen LogP contribution in [-0.2, 0) is 5.41 Å². The van der Waals surface area contributed by atoms with Crippen LogP contribution < -0.4 is 0 Å². The van der Waals surface area contributed by atoms with Crippen LogP contribution in [0.25, 0.3) is 11.1 Å². The molecule has 0 amide bonds. The molecule has 0 spiro atoms. The number of nitro benzene ring substituents is 1. The fourth-order valence-corrected chi connectivity index (χ4v) is 4.06. The van der Waals surface area contributed by atoms with Crippen molar-refractivity contribution in [2.24, 2.45) is 5.16 Å². The number of carbonyl (C=O) groups excluding carboxylic acids is 1. The molecular weight excluding hydrogens is 380 g/mol. The molecule has 1 aliphatic rings. The molecular formula is C24H20N2O4. The molecule has 0 saturated heterocycles. The van der Waals surface area contributed by atoms with Crippen LogP contribution in [0.2, 0.25) is 0 Å². The van der Waals surface area contributed by atoms with Crippen LogP contribution in [-0.4, -0.2) is 21.6 Å². The number of non-ortho nitro benzene ring substituents is 1. The summed E-state index contributed by atoms with van der Waals surface area (Å²) in [5, 5.41) is 23.2. The highest BCUT2D eigenvalue weighted by atomic mass is 16.6. The van der Waals surface area contributed by atoms with Gasteiger partial charge in [-0.05, 0) is 59.0 Å². The number of rotatable bonds is 4. The number of fused-ring (bicyclic) bond motifs is 3. The molecule has 0 aliphatic heterocycles. The lowest BCUT2D eigenvalue weighted by atomic mass is 9.81. The monoisotopic (exact) mass is 400 g/mol. The van der Waals surface area contributed by atoms with E-state index in [1.807, 2.05) is 30.3 Å². The first-order valence-electron chi connectivity index (χ1n) is 9.51. The lowest BCUT2D eigenvalue weighted by Crippen LogP contribution is -2.16. The maximum atomic E-state index is 13.0. The van der Waals surface area contributed by atoms with Crippen LogP contribution in [0.15, 0.2) is 65.8 Å². The quantitative estimate of drug-likeness (QED) is 0.211. The van der Waals surface area contributed by atoms with Crippen LogP contribution in [0.4, 0.5) is 5.69 Å². The number of benzene rings is 3. The lowest BCUT2D eigenvalue weighted by molar-refractivity contribution is -0.384. The predicted molar refractivity (Wildman–Crippen MR) is 115 cm³/mol. The van der Waals surface area contributed by atoms with Crippen molar-refractivity contribution in [2.75, 3.05) is 0 Å². The number of ketones is 1. The molecule has 150 valence electrons. The Morgan fingerprint density at radius 2 is 1.40 bits per heavy atom. The van der Waals surface area contributed by atoms with Gasteiger partial charge in [0, 0.05) is 28.7 Å². The molecule has 1 aliphatic carbocycles. The maximum Gasteiger partial charge on any atom is 0.269 e. The van der Waals surface area contributed by atoms with Crippen LogP contribution >= 0.6 is 0 Å². The van der Waals surface area contributed by atoms with Crippen molar-refractivity contribution in [3.05, 3.63) is 98.6 Å². The van der Waals surface area contributed by atoms with Gasteiger partial charge < -0.3 is 5.21 Å². The fourth-order valence-electron chi connectivity index (χ4n) is 4.06. The van der Waals surface area contributed by atoms with Gasteiger partial charge in [-0.3, -0.25) is 14.9 Å². The average molecular weight is 400 g/mol. The summed E-state index contributed by atoms with van der Waals surface area (Å²) in [6, 6.07) is 17.3. The van der Waals surface area contributed by atoms with E-state index in [-0.39, 0.29) is 16.9 Å². The van der Waals surface area contributed by atoms with E-state index in [0.29, 0.717) is 16.8 Å². The summed E-state index contributed by atoms with van der Waals surface area (Å²) in [5.74, 6) is -0.177. The SMILES string of the molecule is C/C(=N\O)c1ccc2c(c1)C(C)(C)c1cc(C(=O)c3ccc([N+](=O)[O-])cc3)ccc1-2. The maximum absolute atomic E-state index is 13.0. The Balaban J connectivity index is 1.75. The van der Waals surface area contributed by atoms with E-state index in [4.69, 9.17) is 5.21 Å². The highest BCUT2D eigenvalue weighted by Gasteiger charge is 2.36. The standard InChI is InChI=1S/C24H20N2O4/c1-14(25-28)16-6-10-19-20-11-7-17(13-22(20)24(2,3)21(19)12-16)23(27)15-4-8-18(9-5-15)26(29)30/h4-13,28H,1-3H3/b25-14+. The van der Waals surface area contributed by atoms with Crippen molar-refractivity contribution in [2.45, 2.75) is 26.2 Å². The summed E-state index contributed by atoms with van der Waals surface area (Å²) in [7, 11) is 0. The van der Waals surface area contributed by atoms with Gasteiger partial charge in [-0.25, -0.2) is 0 Å². The average Bonchev–Trinajstić information content (AvgIpc) is 2.99. The topological polar surface area (TPSA) is 92.8 Å². The molecule has 3 aromatic rings. The van der Waals surface area contributed by atoms with E-state index >= 15 is 0 Å². The first-order valence-corrected chi connectivity index (χ1v) is 9.51. The predicted octanol–water partition coefficient (Wildman–Crippen LogP) is 5.33. The molecule has 4 rings (SSSR count). The zero-order valence-electron chi connectivity index (χ0n) is 16.8. The third kappa shape index (κ3) is 2.97. The molecule has 30 heavy (non-hydrogen) atoms. The van der Waals surface area contributed by atoms with E-state index in [9.17, 15) is 14.9 Å². The number of nitrogens with zero attached hydrogens (tertiary/aromatic N) is 2. The second-order valence-electron chi connectivity index (χ2n) is 7.96. The van der Waals surface area contributed by atoms with Gasteiger partial charge in [-0.1, -0.05) is 43.3 Å². The van der Waals surface area contributed by atoms with Crippen molar-refractivity contribution in [1.82, 2.24) is 0 Å². The van der Waals surface area contributed by atoms with E-state index < -0.39 is 4.92 Å². The van der Waals surface area contributed by atoms with E-state index in [0.717, 1.165) is 27.8 Å². The fraction of sp³-hybridized carbons (Fsp3) is 0.167. The molecule has 0 radical (unpaired) electrons. The second-order valence-corrected chi connectivity index (χ2v) is 7.96. The van der Waals surface area contributed by atoms with Gasteiger partial charge in [0.1, 0.15) is 0 Å². The van der Waals surface area contributed by atoms with E-state index in [1.165, 1.54) is 24.3 Å². The lowest BCUT2D eigenvalue weighted by Gasteiger charge is -2.22. The summed E-state index contributed by atoms with van der Waals surface area (Å²) in [4.78, 5) is 23.3. The van der Waals surface area contributed by atoms with Crippen molar-refractivity contribution in [3.63, 3.8) is 0 Å². The largest absolute Gasteiger partial charge is 0.411 e. The highest BCUT2D eigenvalue weighted by Crippen LogP contribution is 2.49. The molecule has 1 N–H and O–H groups in total. The molecule has 0 aromatic heterocycles. The van der Waals surface area contributed by atoms with Gasteiger partial charge in [0.25, 0.3) is 5.69 Å². The van der Waals surface area contributed by atoms with Gasteiger partial charge in [-0.15, -0.1) is 0 Å². The van der Waals surface area contributed by atoms with Crippen molar-refractivity contribution >= 4 is 17.2 Å². The van der Waals surface area contributed by atoms with E-state index in [1.54, 1.807) is 13.0 Å². The third-order valence-corrected chi connectivity index (χ3v) is 5.85. The zero-order chi connectivity index (χ0) is 21.6. The number of nitro groups is 1. The molecule has 0 bridgehead atoms. The summed E-state index contributed by atoms with van der Waals surface area (Å²) in [6.45, 7) is 5.96. The number of carbonyl (C=O) groups is 1. The second kappa shape index (κ2) is 6.91. The molecule has 0 heterocycles. The Morgan fingerprint density at radius 1 is 0.900 bits per heavy atom. The van der Waals surface area contributed by atoms with E-state index in [2.05, 4.69) is 19.0 Å². The molecule has 6 heteroatoms. The minimum absolute atomic E-state index is 0.0467. The van der Waals surface area contributed by atoms with Gasteiger partial charge >= 0.3 is 0 Å². The van der Waals surface area contributed by atoms with Crippen molar-refractivity contribution < 1.29 is 14.9 Å². The van der Waals surface area contributed by atoms with Gasteiger partial charge in [0.05, 0.1) is 10.6 Å². The molecule has 0 fully saturated rings. The molecule has 6 nitrogen and oxygen atoms in total. The summed E-state index contributed by atoms with van der Waals surface area (Å²) in [5.41, 5.74) is 6.27.